The smallest absolute Gasteiger partial charge is 0.294 e. The first-order valence-electron chi connectivity index (χ1n) is 8.91. The Kier molecular flexibility index (Phi) is 4.64. The van der Waals surface area contributed by atoms with Crippen LogP contribution in [0.5, 0.6) is 0 Å². The van der Waals surface area contributed by atoms with Gasteiger partial charge in [0.1, 0.15) is 0 Å². The number of carbonyl (C=O) groups is 2. The summed E-state index contributed by atoms with van der Waals surface area (Å²) < 4.78 is 0. The number of aliphatic hydroxyl groups is 1. The number of aryl methyl sites for hydroxylation is 2. The van der Waals surface area contributed by atoms with E-state index in [4.69, 9.17) is 0 Å². The molecule has 1 aromatic heterocycles. The number of aromatic nitrogens is 1. The number of rotatable bonds is 3. The van der Waals surface area contributed by atoms with Gasteiger partial charge < -0.3 is 5.11 Å². The molecule has 1 aromatic carbocycles. The number of hydrogen-bond acceptors (Lipinski definition) is 4. The second kappa shape index (κ2) is 6.65. The van der Waals surface area contributed by atoms with Gasteiger partial charge in [0.2, 0.25) is 0 Å². The first-order chi connectivity index (χ1) is 12.6. The second-order valence-electron chi connectivity index (χ2n) is 8.00. The Balaban J connectivity index is 2.25. The summed E-state index contributed by atoms with van der Waals surface area (Å²) in [7, 11) is 0. The molecule has 1 unspecified atom stereocenters. The number of pyridine rings is 1. The van der Waals surface area contributed by atoms with Crippen LogP contribution in [0.15, 0.2) is 54.1 Å². The number of hydrogen-bond donors (Lipinski definition) is 1. The van der Waals surface area contributed by atoms with Gasteiger partial charge in [0, 0.05) is 23.5 Å². The van der Waals surface area contributed by atoms with Crippen molar-refractivity contribution >= 4 is 17.4 Å². The highest BCUT2D eigenvalue weighted by Gasteiger charge is 2.47. The normalized spacial score (nSPS) is 17.6. The van der Waals surface area contributed by atoms with Crippen LogP contribution in [-0.4, -0.2) is 21.8 Å². The molecule has 2 aromatic rings. The number of amides is 1. The van der Waals surface area contributed by atoms with Crippen LogP contribution in [0.2, 0.25) is 0 Å². The molecule has 1 atom stereocenters. The zero-order valence-electron chi connectivity index (χ0n) is 16.3. The van der Waals surface area contributed by atoms with Crippen molar-refractivity contribution in [2.24, 2.45) is 5.41 Å². The van der Waals surface area contributed by atoms with Crippen molar-refractivity contribution in [2.45, 2.75) is 40.7 Å². The third-order valence-corrected chi connectivity index (χ3v) is 4.76. The molecule has 1 amide bonds. The quantitative estimate of drug-likeness (QED) is 0.885. The molecule has 1 N–H and O–H groups in total. The largest absolute Gasteiger partial charge is 0.503 e. The van der Waals surface area contributed by atoms with Crippen molar-refractivity contribution in [3.63, 3.8) is 0 Å². The summed E-state index contributed by atoms with van der Waals surface area (Å²) in [5, 5.41) is 10.7. The maximum atomic E-state index is 13.1. The van der Waals surface area contributed by atoms with Crippen LogP contribution in [0.3, 0.4) is 0 Å². The number of aliphatic hydroxyl groups excluding tert-OH is 1. The van der Waals surface area contributed by atoms with Crippen LogP contribution in [0.1, 0.15) is 43.5 Å². The van der Waals surface area contributed by atoms with Crippen LogP contribution < -0.4 is 4.90 Å². The molecule has 0 radical (unpaired) electrons. The number of carbonyl (C=O) groups excluding carboxylic acids is 2. The fourth-order valence-corrected chi connectivity index (χ4v) is 3.32. The van der Waals surface area contributed by atoms with E-state index in [0.29, 0.717) is 11.3 Å². The van der Waals surface area contributed by atoms with E-state index in [0.717, 1.165) is 11.1 Å². The molecule has 0 saturated heterocycles. The van der Waals surface area contributed by atoms with Crippen molar-refractivity contribution in [1.29, 1.82) is 0 Å². The summed E-state index contributed by atoms with van der Waals surface area (Å²) in [6, 6.07) is 8.66. The molecule has 5 heteroatoms. The summed E-state index contributed by atoms with van der Waals surface area (Å²) in [6.45, 7) is 9.18. The number of nitrogens with zero attached hydrogens (tertiary/aromatic N) is 2. The zero-order valence-corrected chi connectivity index (χ0v) is 16.3. The van der Waals surface area contributed by atoms with E-state index in [-0.39, 0.29) is 11.4 Å². The van der Waals surface area contributed by atoms with Crippen molar-refractivity contribution in [3.05, 3.63) is 70.7 Å². The number of benzene rings is 1. The number of anilines is 1. The van der Waals surface area contributed by atoms with E-state index in [9.17, 15) is 14.7 Å². The number of ketones is 1. The van der Waals surface area contributed by atoms with Crippen molar-refractivity contribution in [1.82, 2.24) is 4.98 Å². The topological polar surface area (TPSA) is 70.5 Å². The molecule has 5 nitrogen and oxygen atoms in total. The Labute approximate surface area is 159 Å². The van der Waals surface area contributed by atoms with E-state index >= 15 is 0 Å². The van der Waals surface area contributed by atoms with Crippen LogP contribution in [0.25, 0.3) is 0 Å². The minimum atomic E-state index is -0.734. The molecule has 0 bridgehead atoms. The Morgan fingerprint density at radius 2 is 1.89 bits per heavy atom. The molecule has 0 spiro atoms. The number of Topliss-reactive ketones (excluding diaryl/α,β-unsaturated/α-hetero) is 1. The lowest BCUT2D eigenvalue weighted by molar-refractivity contribution is -0.123. The third-order valence-electron chi connectivity index (χ3n) is 4.76. The van der Waals surface area contributed by atoms with Gasteiger partial charge in [-0.1, -0.05) is 39.0 Å². The van der Waals surface area contributed by atoms with Gasteiger partial charge in [-0.05, 0) is 42.7 Å². The van der Waals surface area contributed by atoms with E-state index in [2.05, 4.69) is 4.98 Å². The first kappa shape index (κ1) is 18.8. The monoisotopic (exact) mass is 364 g/mol. The SMILES string of the molecule is Cc1ccc(C)c(N2C(=O)C(O)=C(C(=O)C(C)(C)C)C2c2cccnc2)c1. The van der Waals surface area contributed by atoms with Gasteiger partial charge in [0.25, 0.3) is 5.91 Å². The van der Waals surface area contributed by atoms with Gasteiger partial charge in [-0.2, -0.15) is 0 Å². The molecule has 0 aliphatic carbocycles. The Bertz CT molecular complexity index is 940. The van der Waals surface area contributed by atoms with Crippen molar-refractivity contribution in [2.75, 3.05) is 4.90 Å². The van der Waals surface area contributed by atoms with Gasteiger partial charge in [-0.25, -0.2) is 0 Å². The fourth-order valence-electron chi connectivity index (χ4n) is 3.32. The molecule has 1 aliphatic rings. The van der Waals surface area contributed by atoms with Gasteiger partial charge in [0.15, 0.2) is 11.5 Å². The Morgan fingerprint density at radius 3 is 2.48 bits per heavy atom. The van der Waals surface area contributed by atoms with Crippen molar-refractivity contribution in [3.8, 4) is 0 Å². The lowest BCUT2D eigenvalue weighted by Gasteiger charge is -2.30. The third kappa shape index (κ3) is 3.25. The molecular weight excluding hydrogens is 340 g/mol. The van der Waals surface area contributed by atoms with Crippen LogP contribution >= 0.6 is 0 Å². The zero-order chi connectivity index (χ0) is 19.9. The molecule has 27 heavy (non-hydrogen) atoms. The summed E-state index contributed by atoms with van der Waals surface area (Å²) in [5.74, 6) is -1.30. The molecule has 2 heterocycles. The molecular formula is C22H24N2O3. The molecule has 140 valence electrons. The minimum Gasteiger partial charge on any atom is -0.503 e. The highest BCUT2D eigenvalue weighted by molar-refractivity contribution is 6.17. The Morgan fingerprint density at radius 1 is 1.19 bits per heavy atom. The molecule has 0 saturated carbocycles. The average Bonchev–Trinajstić information content (AvgIpc) is 2.88. The van der Waals surface area contributed by atoms with E-state index in [1.807, 2.05) is 38.1 Å². The van der Waals surface area contributed by atoms with Gasteiger partial charge >= 0.3 is 0 Å². The summed E-state index contributed by atoms with van der Waals surface area (Å²) in [5.41, 5.74) is 2.63. The van der Waals surface area contributed by atoms with E-state index in [1.165, 1.54) is 4.90 Å². The highest BCUT2D eigenvalue weighted by Crippen LogP contribution is 2.44. The van der Waals surface area contributed by atoms with Crippen LogP contribution in [-0.2, 0) is 9.59 Å². The van der Waals surface area contributed by atoms with Crippen LogP contribution in [0.4, 0.5) is 5.69 Å². The lowest BCUT2D eigenvalue weighted by Crippen LogP contribution is -2.33. The standard InChI is InChI=1S/C22H24N2O3/c1-13-8-9-14(2)16(11-13)24-18(15-7-6-10-23-12-15)17(19(25)21(24)27)20(26)22(3,4)5/h6-12,18,25H,1-5H3. The molecule has 0 fully saturated rings. The maximum absolute atomic E-state index is 13.1. The molecule has 3 rings (SSSR count). The van der Waals surface area contributed by atoms with Crippen LogP contribution in [0, 0.1) is 19.3 Å². The van der Waals surface area contributed by atoms with Gasteiger partial charge in [-0.3, -0.25) is 19.5 Å². The minimum absolute atomic E-state index is 0.126. The van der Waals surface area contributed by atoms with Gasteiger partial charge in [-0.15, -0.1) is 0 Å². The summed E-state index contributed by atoms with van der Waals surface area (Å²) >= 11 is 0. The predicted octanol–water partition coefficient (Wildman–Crippen LogP) is 4.21. The second-order valence-corrected chi connectivity index (χ2v) is 8.00. The first-order valence-corrected chi connectivity index (χ1v) is 8.91. The molecule has 1 aliphatic heterocycles. The fraction of sp³-hybridized carbons (Fsp3) is 0.318. The highest BCUT2D eigenvalue weighted by atomic mass is 16.3. The maximum Gasteiger partial charge on any atom is 0.294 e. The van der Waals surface area contributed by atoms with E-state index < -0.39 is 23.1 Å². The van der Waals surface area contributed by atoms with Crippen molar-refractivity contribution < 1.29 is 14.7 Å². The summed E-state index contributed by atoms with van der Waals surface area (Å²) in [4.78, 5) is 31.8. The summed E-state index contributed by atoms with van der Waals surface area (Å²) in [6.07, 6.45) is 3.27. The average molecular weight is 364 g/mol. The predicted molar refractivity (Wildman–Crippen MR) is 104 cm³/mol. The lowest BCUT2D eigenvalue weighted by atomic mass is 9.82. The van der Waals surface area contributed by atoms with Gasteiger partial charge in [0.05, 0.1) is 11.6 Å². The van der Waals surface area contributed by atoms with E-state index in [1.54, 1.807) is 39.2 Å². The Hall–Kier alpha value is -2.95.